The first-order valence-electron chi connectivity index (χ1n) is 1.50. The number of nitrogens with zero attached hydrogens (tertiary/aromatic N) is 1. The summed E-state index contributed by atoms with van der Waals surface area (Å²) in [5, 5.41) is 0. The standard InChI is InChI=1S/C2H2FNO3S/c3-1-8(6,7)4-2-5/h1H2. The first kappa shape index (κ1) is 7.26. The van der Waals surface area contributed by atoms with E-state index in [-0.39, 0.29) is 0 Å². The van der Waals surface area contributed by atoms with Gasteiger partial charge in [-0.05, 0) is 0 Å². The molecule has 0 N–H and O–H groups in total. The van der Waals surface area contributed by atoms with E-state index in [2.05, 4.69) is 4.40 Å². The van der Waals surface area contributed by atoms with Gasteiger partial charge in [-0.3, -0.25) is 0 Å². The van der Waals surface area contributed by atoms with Crippen LogP contribution in [0, 0.1) is 0 Å². The number of hydrogen-bond donors (Lipinski definition) is 0. The van der Waals surface area contributed by atoms with E-state index in [1.807, 2.05) is 0 Å². The van der Waals surface area contributed by atoms with Crippen molar-refractivity contribution in [3.05, 3.63) is 0 Å². The molecule has 0 aliphatic heterocycles. The average molecular weight is 139 g/mol. The molecule has 0 atom stereocenters. The Labute approximate surface area is 45.1 Å². The number of isocyanates is 1. The van der Waals surface area contributed by atoms with Gasteiger partial charge in [-0.2, -0.15) is 0 Å². The average Bonchev–Trinajstić information content (AvgIpc) is 1.67. The summed E-state index contributed by atoms with van der Waals surface area (Å²) >= 11 is 0. The third-order valence-electron chi connectivity index (χ3n) is 0.314. The molecule has 0 unspecified atom stereocenters. The minimum atomic E-state index is -4.13. The van der Waals surface area contributed by atoms with Crippen molar-refractivity contribution in [3.8, 4) is 0 Å². The molecule has 0 aromatic rings. The fourth-order valence-electron chi connectivity index (χ4n) is 0.0812. The zero-order valence-corrected chi connectivity index (χ0v) is 4.48. The highest BCUT2D eigenvalue weighted by Gasteiger charge is 2.03. The number of alkyl halides is 1. The van der Waals surface area contributed by atoms with E-state index >= 15 is 0 Å². The molecule has 6 heteroatoms. The fourth-order valence-corrected chi connectivity index (χ4v) is 0.244. The predicted molar refractivity (Wildman–Crippen MR) is 23.0 cm³/mol. The van der Waals surface area contributed by atoms with Crippen LogP contribution in [-0.2, 0) is 14.8 Å². The van der Waals surface area contributed by atoms with E-state index in [4.69, 9.17) is 4.79 Å². The lowest BCUT2D eigenvalue weighted by molar-refractivity contribution is 0.533. The summed E-state index contributed by atoms with van der Waals surface area (Å²) in [7, 11) is -4.13. The Bertz CT molecular complexity index is 201. The molecule has 8 heavy (non-hydrogen) atoms. The second-order valence-corrected chi connectivity index (χ2v) is 2.44. The van der Waals surface area contributed by atoms with Crippen LogP contribution in [0.5, 0.6) is 0 Å². The van der Waals surface area contributed by atoms with Crippen LogP contribution in [-0.4, -0.2) is 20.5 Å². The van der Waals surface area contributed by atoms with Gasteiger partial charge in [0.05, 0.1) is 0 Å². The predicted octanol–water partition coefficient (Wildman–Crippen LogP) is -0.421. The fraction of sp³-hybridized carbons (Fsp3) is 0.500. The molecule has 0 rings (SSSR count). The highest BCUT2D eigenvalue weighted by Crippen LogP contribution is 1.88. The van der Waals surface area contributed by atoms with Crippen molar-refractivity contribution in [3.63, 3.8) is 0 Å². The molecule has 0 aliphatic rings. The second kappa shape index (κ2) is 2.54. The Hall–Kier alpha value is -0.740. The molecule has 0 aromatic heterocycles. The number of sulfonamides is 1. The first-order valence-corrected chi connectivity index (χ1v) is 3.11. The van der Waals surface area contributed by atoms with Gasteiger partial charge in [-0.1, -0.05) is 4.40 Å². The number of rotatable bonds is 2. The van der Waals surface area contributed by atoms with Gasteiger partial charge in [0, 0.05) is 0 Å². The Morgan fingerprint density at radius 1 is 1.62 bits per heavy atom. The summed E-state index contributed by atoms with van der Waals surface area (Å²) in [6.07, 6.45) is 0.706. The maximum absolute atomic E-state index is 11.1. The summed E-state index contributed by atoms with van der Waals surface area (Å²) in [5.41, 5.74) is 0. The van der Waals surface area contributed by atoms with E-state index in [1.54, 1.807) is 0 Å². The molecule has 0 aromatic carbocycles. The summed E-state index contributed by atoms with van der Waals surface area (Å²) in [4.78, 5) is 9.14. The van der Waals surface area contributed by atoms with Crippen LogP contribution in [0.15, 0.2) is 4.40 Å². The van der Waals surface area contributed by atoms with Gasteiger partial charge >= 0.3 is 0 Å². The minimum Gasteiger partial charge on any atom is -0.231 e. The van der Waals surface area contributed by atoms with Crippen molar-refractivity contribution in [1.29, 1.82) is 0 Å². The van der Waals surface area contributed by atoms with Crippen molar-refractivity contribution < 1.29 is 17.6 Å². The highest BCUT2D eigenvalue weighted by atomic mass is 32.2. The third kappa shape index (κ3) is 2.44. The lowest BCUT2D eigenvalue weighted by Gasteiger charge is -1.78. The van der Waals surface area contributed by atoms with Crippen LogP contribution in [0.2, 0.25) is 0 Å². The van der Waals surface area contributed by atoms with Gasteiger partial charge in [-0.25, -0.2) is 17.6 Å². The Kier molecular flexibility index (Phi) is 2.30. The van der Waals surface area contributed by atoms with Crippen LogP contribution >= 0.6 is 0 Å². The zero-order valence-electron chi connectivity index (χ0n) is 3.67. The molecule has 0 amide bonds. The largest absolute Gasteiger partial charge is 0.292 e. The van der Waals surface area contributed by atoms with Gasteiger partial charge in [0.25, 0.3) is 16.1 Å². The van der Waals surface area contributed by atoms with Crippen molar-refractivity contribution in [2.75, 3.05) is 6.01 Å². The molecule has 0 radical (unpaired) electrons. The number of halogens is 1. The van der Waals surface area contributed by atoms with Crippen molar-refractivity contribution in [1.82, 2.24) is 0 Å². The maximum atomic E-state index is 11.1. The maximum Gasteiger partial charge on any atom is 0.292 e. The van der Waals surface area contributed by atoms with Gasteiger partial charge < -0.3 is 0 Å². The van der Waals surface area contributed by atoms with E-state index in [0.29, 0.717) is 6.08 Å². The summed E-state index contributed by atoms with van der Waals surface area (Å²) in [6, 6.07) is -1.65. The van der Waals surface area contributed by atoms with Gasteiger partial charge in [0.2, 0.25) is 6.01 Å². The smallest absolute Gasteiger partial charge is 0.231 e. The molecular weight excluding hydrogens is 137 g/mol. The summed E-state index contributed by atoms with van der Waals surface area (Å²) < 4.78 is 32.9. The quantitative estimate of drug-likeness (QED) is 0.385. The molecule has 0 heterocycles. The van der Waals surface area contributed by atoms with Gasteiger partial charge in [0.15, 0.2) is 0 Å². The normalized spacial score (nSPS) is 10.1. The lowest BCUT2D eigenvalue weighted by atomic mass is 11.7. The van der Waals surface area contributed by atoms with Crippen LogP contribution in [0.3, 0.4) is 0 Å². The van der Waals surface area contributed by atoms with E-state index < -0.39 is 16.0 Å². The summed E-state index contributed by atoms with van der Waals surface area (Å²) in [5.74, 6) is 0. The molecule has 0 saturated carbocycles. The monoisotopic (exact) mass is 139 g/mol. The van der Waals surface area contributed by atoms with Crippen LogP contribution < -0.4 is 0 Å². The van der Waals surface area contributed by atoms with Crippen LogP contribution in [0.25, 0.3) is 0 Å². The van der Waals surface area contributed by atoms with Crippen LogP contribution in [0.4, 0.5) is 4.39 Å². The van der Waals surface area contributed by atoms with Crippen molar-refractivity contribution >= 4 is 16.1 Å². The molecule has 0 saturated heterocycles. The molecule has 46 valence electrons. The summed E-state index contributed by atoms with van der Waals surface area (Å²) in [6.45, 7) is 0. The molecule has 0 bridgehead atoms. The molecular formula is C2H2FNO3S. The van der Waals surface area contributed by atoms with E-state index in [0.717, 1.165) is 0 Å². The van der Waals surface area contributed by atoms with Crippen molar-refractivity contribution in [2.45, 2.75) is 0 Å². The van der Waals surface area contributed by atoms with Crippen molar-refractivity contribution in [2.24, 2.45) is 4.40 Å². The Balaban J connectivity index is 4.41. The first-order chi connectivity index (χ1) is 3.62. The molecule has 4 nitrogen and oxygen atoms in total. The molecule has 0 aliphatic carbocycles. The van der Waals surface area contributed by atoms with E-state index in [1.165, 1.54) is 0 Å². The van der Waals surface area contributed by atoms with Gasteiger partial charge in [0.1, 0.15) is 0 Å². The Morgan fingerprint density at radius 3 is 2.25 bits per heavy atom. The van der Waals surface area contributed by atoms with Crippen LogP contribution in [0.1, 0.15) is 0 Å². The van der Waals surface area contributed by atoms with Gasteiger partial charge in [-0.15, -0.1) is 0 Å². The van der Waals surface area contributed by atoms with E-state index in [9.17, 15) is 12.8 Å². The topological polar surface area (TPSA) is 63.6 Å². The minimum absolute atomic E-state index is 0.706. The third-order valence-corrected chi connectivity index (χ3v) is 0.943. The second-order valence-electron chi connectivity index (χ2n) is 0.874. The zero-order chi connectivity index (χ0) is 6.62. The molecule has 0 fully saturated rings. The Morgan fingerprint density at radius 2 is 2.12 bits per heavy atom. The SMILES string of the molecule is O=C=NS(=O)(=O)CF. The lowest BCUT2D eigenvalue weighted by Crippen LogP contribution is -1.94. The molecule has 0 spiro atoms. The number of hydrogen-bond acceptors (Lipinski definition) is 3. The number of carbonyl (C=O) groups excluding carboxylic acids is 1. The highest BCUT2D eigenvalue weighted by molar-refractivity contribution is 7.90.